The minimum Gasteiger partial charge on any atom is -0.298 e. The maximum Gasteiger partial charge on any atom is 0.140 e. The molecule has 2 aromatic carbocycles. The monoisotopic (exact) mass is 465 g/mol. The first kappa shape index (κ1) is 21.1. The van der Waals surface area contributed by atoms with Gasteiger partial charge in [-0.05, 0) is 61.7 Å². The summed E-state index contributed by atoms with van der Waals surface area (Å²) in [7, 11) is 0. The maximum atomic E-state index is 5.29. The normalized spacial score (nSPS) is 19.4. The summed E-state index contributed by atoms with van der Waals surface area (Å²) in [5, 5.41) is 0. The number of aryl methyl sites for hydroxylation is 2. The van der Waals surface area contributed by atoms with E-state index in [1.165, 1.54) is 22.5 Å². The Hall–Kier alpha value is -4.24. The van der Waals surface area contributed by atoms with Crippen molar-refractivity contribution in [3.63, 3.8) is 0 Å². The van der Waals surface area contributed by atoms with Crippen LogP contribution in [0.3, 0.4) is 0 Å². The van der Waals surface area contributed by atoms with Crippen molar-refractivity contribution >= 4 is 11.9 Å². The molecular weight excluding hydrogens is 438 g/mol. The molecule has 0 N–H and O–H groups in total. The smallest absolute Gasteiger partial charge is 0.140 e. The molecule has 0 fully saturated rings. The summed E-state index contributed by atoms with van der Waals surface area (Å²) < 4.78 is 2.39. The molecule has 0 spiro atoms. The van der Waals surface area contributed by atoms with Gasteiger partial charge in [0.15, 0.2) is 0 Å². The predicted octanol–water partition coefficient (Wildman–Crippen LogP) is 7.37. The number of fused-ring (bicyclic) bond motifs is 5. The van der Waals surface area contributed by atoms with Crippen molar-refractivity contribution in [3.05, 3.63) is 131 Å². The van der Waals surface area contributed by atoms with Gasteiger partial charge in [0.25, 0.3) is 0 Å². The van der Waals surface area contributed by atoms with E-state index in [4.69, 9.17) is 9.98 Å². The molecule has 3 nitrogen and oxygen atoms in total. The van der Waals surface area contributed by atoms with Crippen LogP contribution in [-0.4, -0.2) is 21.4 Å². The van der Waals surface area contributed by atoms with E-state index in [1.54, 1.807) is 0 Å². The van der Waals surface area contributed by atoms with E-state index in [1.807, 2.05) is 0 Å². The third kappa shape index (κ3) is 3.51. The van der Waals surface area contributed by atoms with Gasteiger partial charge in [-0.15, -0.1) is 0 Å². The Labute approximate surface area is 211 Å². The van der Waals surface area contributed by atoms with Crippen molar-refractivity contribution in [2.75, 3.05) is 0 Å². The van der Waals surface area contributed by atoms with Crippen LogP contribution < -0.4 is 0 Å². The van der Waals surface area contributed by atoms with Gasteiger partial charge in [-0.25, -0.2) is 4.98 Å². The molecule has 0 amide bonds. The summed E-state index contributed by atoms with van der Waals surface area (Å²) >= 11 is 0. The first-order valence-corrected chi connectivity index (χ1v) is 12.7. The van der Waals surface area contributed by atoms with Gasteiger partial charge in [-0.3, -0.25) is 9.56 Å². The van der Waals surface area contributed by atoms with Crippen molar-refractivity contribution in [2.24, 2.45) is 4.99 Å². The lowest BCUT2D eigenvalue weighted by Gasteiger charge is -2.30. The van der Waals surface area contributed by atoms with Gasteiger partial charge in [0.05, 0.1) is 23.1 Å². The lowest BCUT2D eigenvalue weighted by molar-refractivity contribution is 0.657. The summed E-state index contributed by atoms with van der Waals surface area (Å²) in [4.78, 5) is 10.3. The summed E-state index contributed by atoms with van der Waals surface area (Å²) in [6, 6.07) is 26.0. The highest BCUT2D eigenvalue weighted by Crippen LogP contribution is 2.38. The van der Waals surface area contributed by atoms with Crippen LogP contribution in [0.15, 0.2) is 108 Å². The van der Waals surface area contributed by atoms with Crippen LogP contribution in [0.2, 0.25) is 0 Å². The third-order valence-electron chi connectivity index (χ3n) is 7.42. The quantitative estimate of drug-likeness (QED) is 0.311. The molecule has 3 heterocycles. The largest absolute Gasteiger partial charge is 0.298 e. The molecule has 7 rings (SSSR count). The Kier molecular flexibility index (Phi) is 4.95. The maximum absolute atomic E-state index is 5.29. The van der Waals surface area contributed by atoms with Gasteiger partial charge < -0.3 is 0 Å². The van der Waals surface area contributed by atoms with Gasteiger partial charge in [-0.2, -0.15) is 0 Å². The van der Waals surface area contributed by atoms with E-state index in [-0.39, 0.29) is 12.0 Å². The summed E-state index contributed by atoms with van der Waals surface area (Å²) in [6.07, 6.45) is 15.6. The van der Waals surface area contributed by atoms with Crippen LogP contribution >= 0.6 is 0 Å². The van der Waals surface area contributed by atoms with Crippen molar-refractivity contribution in [3.8, 4) is 22.5 Å². The van der Waals surface area contributed by atoms with E-state index in [0.29, 0.717) is 0 Å². The molecule has 4 aromatic rings. The molecule has 1 aliphatic heterocycles. The van der Waals surface area contributed by atoms with Crippen molar-refractivity contribution in [1.82, 2.24) is 9.55 Å². The van der Waals surface area contributed by atoms with Crippen molar-refractivity contribution < 1.29 is 0 Å². The average Bonchev–Trinajstić information content (AvgIpc) is 3.33. The Bertz CT molecular complexity index is 1610. The summed E-state index contributed by atoms with van der Waals surface area (Å²) in [5.74, 6) is 1.31. The zero-order valence-corrected chi connectivity index (χ0v) is 20.3. The number of benzene rings is 2. The Morgan fingerprint density at radius 3 is 2.42 bits per heavy atom. The molecule has 36 heavy (non-hydrogen) atoms. The topological polar surface area (TPSA) is 30.2 Å². The highest BCUT2D eigenvalue weighted by Gasteiger charge is 2.32. The van der Waals surface area contributed by atoms with Gasteiger partial charge in [-0.1, -0.05) is 78.4 Å². The molecule has 2 atom stereocenters. The third-order valence-corrected chi connectivity index (χ3v) is 7.42. The van der Waals surface area contributed by atoms with E-state index in [9.17, 15) is 0 Å². The fourth-order valence-corrected chi connectivity index (χ4v) is 5.67. The molecule has 3 aliphatic rings. The highest BCUT2D eigenvalue weighted by molar-refractivity contribution is 6.04. The first-order valence-electron chi connectivity index (χ1n) is 12.7. The SMILES string of the molecule is Cc1cccc(-c2cccc(-c3cccc(C4=NC5C=CC=CC5c5cc6c(n54)C=CCC6)c3)n2)c1. The molecular formula is C33H27N3. The zero-order valence-electron chi connectivity index (χ0n) is 20.3. The standard InChI is InChI=1S/C33H27N3/c1-22-9-6-11-23(19-22)28-16-8-17-29(34-28)24-12-7-13-26(20-24)33-35-30-15-4-3-14-27(30)32-21-25-10-2-5-18-31(25)36(32)33/h3-9,11-21,27,30H,2,10H2,1H3. The summed E-state index contributed by atoms with van der Waals surface area (Å²) in [5.41, 5.74) is 10.6. The molecule has 2 unspecified atom stereocenters. The number of rotatable bonds is 3. The predicted molar refractivity (Wildman–Crippen MR) is 148 cm³/mol. The van der Waals surface area contributed by atoms with Crippen LogP contribution in [0.4, 0.5) is 0 Å². The van der Waals surface area contributed by atoms with Gasteiger partial charge >= 0.3 is 0 Å². The van der Waals surface area contributed by atoms with E-state index >= 15 is 0 Å². The Morgan fingerprint density at radius 2 is 1.56 bits per heavy atom. The molecule has 0 bridgehead atoms. The fraction of sp³-hybridized carbons (Fsp3) is 0.152. The fourth-order valence-electron chi connectivity index (χ4n) is 5.67. The van der Waals surface area contributed by atoms with Crippen LogP contribution in [0.5, 0.6) is 0 Å². The van der Waals surface area contributed by atoms with E-state index in [0.717, 1.165) is 46.8 Å². The number of aromatic nitrogens is 2. The van der Waals surface area contributed by atoms with Crippen LogP contribution in [0.1, 0.15) is 40.4 Å². The lowest BCUT2D eigenvalue weighted by atomic mass is 9.90. The second-order valence-corrected chi connectivity index (χ2v) is 9.85. The van der Waals surface area contributed by atoms with Crippen molar-refractivity contribution in [1.29, 1.82) is 0 Å². The Balaban J connectivity index is 1.34. The average molecular weight is 466 g/mol. The number of hydrogen-bond donors (Lipinski definition) is 0. The molecule has 174 valence electrons. The van der Waals surface area contributed by atoms with Gasteiger partial charge in [0, 0.05) is 28.3 Å². The van der Waals surface area contributed by atoms with Crippen molar-refractivity contribution in [2.45, 2.75) is 31.7 Å². The number of nitrogens with zero attached hydrogens (tertiary/aromatic N) is 3. The van der Waals surface area contributed by atoms with Gasteiger partial charge in [0.1, 0.15) is 5.84 Å². The van der Waals surface area contributed by atoms with E-state index in [2.05, 4.69) is 121 Å². The second kappa shape index (κ2) is 8.46. The minimum atomic E-state index is 0.129. The Morgan fingerprint density at radius 1 is 0.806 bits per heavy atom. The van der Waals surface area contributed by atoms with Crippen LogP contribution in [0.25, 0.3) is 28.6 Å². The second-order valence-electron chi connectivity index (χ2n) is 9.85. The summed E-state index contributed by atoms with van der Waals surface area (Å²) in [6.45, 7) is 2.12. The molecule has 0 radical (unpaired) electrons. The number of allylic oxidation sites excluding steroid dienone is 3. The minimum absolute atomic E-state index is 0.129. The first-order chi connectivity index (χ1) is 17.7. The van der Waals surface area contributed by atoms with Crippen LogP contribution in [-0.2, 0) is 6.42 Å². The molecule has 0 saturated carbocycles. The lowest BCUT2D eigenvalue weighted by Crippen LogP contribution is -2.31. The van der Waals surface area contributed by atoms with Crippen LogP contribution in [0, 0.1) is 6.92 Å². The van der Waals surface area contributed by atoms with E-state index < -0.39 is 0 Å². The van der Waals surface area contributed by atoms with Gasteiger partial charge in [0.2, 0.25) is 0 Å². The molecule has 0 saturated heterocycles. The molecule has 2 aromatic heterocycles. The zero-order chi connectivity index (χ0) is 24.1. The number of aliphatic imine (C=N–C) groups is 1. The molecule has 2 aliphatic carbocycles. The number of hydrogen-bond acceptors (Lipinski definition) is 2. The molecule has 3 heteroatoms. The highest BCUT2D eigenvalue weighted by atomic mass is 15.1. The number of pyridine rings is 1.